The third kappa shape index (κ3) is 10.5. The summed E-state index contributed by atoms with van der Waals surface area (Å²) in [6.45, 7) is 16.1. The molecule has 0 spiro atoms. The third-order valence-electron chi connectivity index (χ3n) is 6.62. The molecule has 0 atom stereocenters. The van der Waals surface area contributed by atoms with E-state index in [1.54, 1.807) is 11.7 Å². The quantitative estimate of drug-likeness (QED) is 0.201. The molecule has 214 valence electrons. The number of allylic oxidation sites excluding steroid dienone is 6. The lowest BCUT2D eigenvalue weighted by molar-refractivity contribution is 0.303. The molecule has 1 aromatic heterocycles. The van der Waals surface area contributed by atoms with Gasteiger partial charge in [0, 0.05) is 18.0 Å². The molecule has 5 nitrogen and oxygen atoms in total. The minimum absolute atomic E-state index is 0.168. The van der Waals surface area contributed by atoms with Crippen molar-refractivity contribution in [2.45, 2.75) is 93.5 Å². The van der Waals surface area contributed by atoms with Crippen LogP contribution in [0, 0.1) is 0 Å². The van der Waals surface area contributed by atoms with Crippen LogP contribution in [0.4, 0.5) is 0 Å². The number of unbranched alkanes of at least 4 members (excludes halogenated alkanes) is 1. The van der Waals surface area contributed by atoms with Crippen LogP contribution in [0.3, 0.4) is 0 Å². The number of methoxy groups -OCH3 is 1. The van der Waals surface area contributed by atoms with E-state index >= 15 is 0 Å². The van der Waals surface area contributed by atoms with Gasteiger partial charge in [0.15, 0.2) is 5.75 Å². The number of hydrogen-bond donors (Lipinski definition) is 0. The van der Waals surface area contributed by atoms with Crippen molar-refractivity contribution in [1.82, 2.24) is 4.57 Å². The summed E-state index contributed by atoms with van der Waals surface area (Å²) >= 11 is 0. The first-order valence-corrected chi connectivity index (χ1v) is 14.3. The number of nitrogens with zero attached hydrogens (tertiary/aromatic N) is 1. The first kappa shape index (κ1) is 32.0. The molecule has 2 rings (SSSR count). The van der Waals surface area contributed by atoms with Crippen molar-refractivity contribution < 1.29 is 14.2 Å². The van der Waals surface area contributed by atoms with Gasteiger partial charge in [0.2, 0.25) is 5.75 Å². The second-order valence-corrected chi connectivity index (χ2v) is 10.7. The van der Waals surface area contributed by atoms with Gasteiger partial charge in [-0.3, -0.25) is 4.79 Å². The van der Waals surface area contributed by atoms with Gasteiger partial charge in [0.25, 0.3) is 5.56 Å². The Morgan fingerprint density at radius 3 is 1.90 bits per heavy atom. The molecule has 2 aromatic rings. The summed E-state index contributed by atoms with van der Waals surface area (Å²) in [5, 5.41) is 0.848. The van der Waals surface area contributed by atoms with Gasteiger partial charge in [-0.25, -0.2) is 0 Å². The highest BCUT2D eigenvalue weighted by Crippen LogP contribution is 2.35. The molecule has 0 bridgehead atoms. The number of ether oxygens (including phenoxy) is 3. The lowest BCUT2D eigenvalue weighted by Gasteiger charge is -2.18. The Hall–Kier alpha value is -3.21. The fourth-order valence-corrected chi connectivity index (χ4v) is 4.23. The molecule has 1 aromatic carbocycles. The Balaban J connectivity index is 2.45. The van der Waals surface area contributed by atoms with E-state index in [0.29, 0.717) is 31.3 Å². The highest BCUT2D eigenvalue weighted by molar-refractivity contribution is 5.89. The van der Waals surface area contributed by atoms with Gasteiger partial charge < -0.3 is 18.8 Å². The molecular formula is C34H49NO4. The molecule has 0 fully saturated rings. The minimum atomic E-state index is -0.168. The minimum Gasteiger partial charge on any atom is -0.497 e. The number of pyridine rings is 1. The van der Waals surface area contributed by atoms with Crippen LogP contribution < -0.4 is 19.8 Å². The highest BCUT2D eigenvalue weighted by Gasteiger charge is 2.20. The molecule has 0 N–H and O–H groups in total. The summed E-state index contributed by atoms with van der Waals surface area (Å²) in [5.41, 5.74) is 5.77. The zero-order chi connectivity index (χ0) is 28.8. The predicted molar refractivity (Wildman–Crippen MR) is 166 cm³/mol. The molecule has 39 heavy (non-hydrogen) atoms. The Morgan fingerprint density at radius 2 is 1.38 bits per heavy atom. The average molecular weight is 536 g/mol. The predicted octanol–water partition coefficient (Wildman–Crippen LogP) is 8.95. The number of aryl methyl sites for hydroxylation is 1. The number of fused-ring (bicyclic) bond motifs is 1. The van der Waals surface area contributed by atoms with Crippen LogP contribution >= 0.6 is 0 Å². The summed E-state index contributed by atoms with van der Waals surface area (Å²) in [6.07, 6.45) is 14.5. The average Bonchev–Trinajstić information content (AvgIpc) is 2.89. The van der Waals surface area contributed by atoms with Crippen LogP contribution in [-0.4, -0.2) is 24.9 Å². The van der Waals surface area contributed by atoms with Gasteiger partial charge in [-0.2, -0.15) is 0 Å². The number of aromatic nitrogens is 1. The molecule has 1 heterocycles. The van der Waals surface area contributed by atoms with Gasteiger partial charge >= 0.3 is 0 Å². The molecule has 0 aliphatic heterocycles. The summed E-state index contributed by atoms with van der Waals surface area (Å²) < 4.78 is 19.8. The topological polar surface area (TPSA) is 49.7 Å². The van der Waals surface area contributed by atoms with Gasteiger partial charge in [-0.1, -0.05) is 47.8 Å². The standard InChI is InChI=1S/C34H49NO4/c1-9-10-21-35-31-24-29(37-8)17-18-30(31)32(38-22-19-27(6)15-11-13-25(2)3)33(34(35)36)39-23-20-28(7)16-12-14-26(4)5/h13-14,17-20,24H,9-12,15-16,21-23H2,1-8H3/b27-19+,28-20+. The maximum Gasteiger partial charge on any atom is 0.297 e. The van der Waals surface area contributed by atoms with Crippen molar-refractivity contribution in [3.8, 4) is 17.2 Å². The van der Waals surface area contributed by atoms with Crippen molar-refractivity contribution in [2.75, 3.05) is 20.3 Å². The molecule has 0 saturated carbocycles. The summed E-state index contributed by atoms with van der Waals surface area (Å²) in [5.74, 6) is 1.47. The third-order valence-corrected chi connectivity index (χ3v) is 6.62. The largest absolute Gasteiger partial charge is 0.497 e. The maximum atomic E-state index is 13.8. The van der Waals surface area contributed by atoms with Crippen molar-refractivity contribution in [1.29, 1.82) is 0 Å². The molecule has 5 heteroatoms. The van der Waals surface area contributed by atoms with E-state index in [-0.39, 0.29) is 11.3 Å². The Labute approximate surface area is 235 Å². The zero-order valence-electron chi connectivity index (χ0n) is 25.5. The van der Waals surface area contributed by atoms with E-state index in [1.165, 1.54) is 22.3 Å². The SMILES string of the molecule is CCCCn1c(=O)c(OC/C=C(\C)CCC=C(C)C)c(OC/C=C(\C)CCC=C(C)C)c2ccc(OC)cc21. The first-order chi connectivity index (χ1) is 18.7. The highest BCUT2D eigenvalue weighted by atomic mass is 16.5. The smallest absolute Gasteiger partial charge is 0.297 e. The molecule has 0 saturated heterocycles. The lowest BCUT2D eigenvalue weighted by atomic mass is 10.1. The van der Waals surface area contributed by atoms with Crippen molar-refractivity contribution in [3.63, 3.8) is 0 Å². The summed E-state index contributed by atoms with van der Waals surface area (Å²) in [7, 11) is 1.64. The Bertz CT molecular complexity index is 1250. The summed E-state index contributed by atoms with van der Waals surface area (Å²) in [4.78, 5) is 13.8. The number of rotatable bonds is 16. The molecule has 0 amide bonds. The molecule has 0 aliphatic carbocycles. The van der Waals surface area contributed by atoms with Gasteiger partial charge in [-0.15, -0.1) is 0 Å². The summed E-state index contributed by atoms with van der Waals surface area (Å²) in [6, 6.07) is 5.78. The van der Waals surface area contributed by atoms with Crippen LogP contribution in [0.1, 0.15) is 87.0 Å². The lowest BCUT2D eigenvalue weighted by Crippen LogP contribution is -2.24. The Morgan fingerprint density at radius 1 is 0.821 bits per heavy atom. The van der Waals surface area contributed by atoms with E-state index < -0.39 is 0 Å². The monoisotopic (exact) mass is 535 g/mol. The molecular weight excluding hydrogens is 486 g/mol. The van der Waals surface area contributed by atoms with Crippen molar-refractivity contribution in [2.24, 2.45) is 0 Å². The van der Waals surface area contributed by atoms with Gasteiger partial charge in [0.05, 0.1) is 12.6 Å². The second-order valence-electron chi connectivity index (χ2n) is 10.7. The van der Waals surface area contributed by atoms with E-state index in [1.807, 2.05) is 18.2 Å². The van der Waals surface area contributed by atoms with Crippen molar-refractivity contribution in [3.05, 3.63) is 75.1 Å². The number of benzene rings is 1. The fraction of sp³-hybridized carbons (Fsp3) is 0.500. The van der Waals surface area contributed by atoms with Crippen molar-refractivity contribution >= 4 is 10.9 Å². The molecule has 0 aliphatic rings. The van der Waals surface area contributed by atoms with E-state index in [0.717, 1.165) is 49.4 Å². The van der Waals surface area contributed by atoms with Crippen LogP contribution in [0.5, 0.6) is 17.2 Å². The van der Waals surface area contributed by atoms with E-state index in [2.05, 4.69) is 72.8 Å². The number of hydrogen-bond acceptors (Lipinski definition) is 4. The maximum absolute atomic E-state index is 13.8. The molecule has 0 radical (unpaired) electrons. The van der Waals surface area contributed by atoms with Crippen LogP contribution in [0.25, 0.3) is 10.9 Å². The van der Waals surface area contributed by atoms with Gasteiger partial charge in [0.1, 0.15) is 19.0 Å². The van der Waals surface area contributed by atoms with Crippen LogP contribution in [-0.2, 0) is 6.54 Å². The normalized spacial score (nSPS) is 11.9. The molecule has 0 unspecified atom stereocenters. The second kappa shape index (κ2) is 16.7. The first-order valence-electron chi connectivity index (χ1n) is 14.3. The van der Waals surface area contributed by atoms with E-state index in [9.17, 15) is 4.79 Å². The van der Waals surface area contributed by atoms with E-state index in [4.69, 9.17) is 14.2 Å². The van der Waals surface area contributed by atoms with Crippen LogP contribution in [0.2, 0.25) is 0 Å². The van der Waals surface area contributed by atoms with Crippen LogP contribution in [0.15, 0.2) is 69.6 Å². The Kier molecular flexibility index (Phi) is 13.7. The van der Waals surface area contributed by atoms with Gasteiger partial charge in [-0.05, 0) is 97.9 Å². The fourth-order valence-electron chi connectivity index (χ4n) is 4.23. The zero-order valence-corrected chi connectivity index (χ0v) is 25.5.